The zero-order chi connectivity index (χ0) is 17.2. The van der Waals surface area contributed by atoms with E-state index in [0.717, 1.165) is 21.9 Å². The van der Waals surface area contributed by atoms with Crippen molar-refractivity contribution in [3.63, 3.8) is 0 Å². The second-order valence-corrected chi connectivity index (χ2v) is 6.59. The smallest absolute Gasteiger partial charge is 0.301 e. The summed E-state index contributed by atoms with van der Waals surface area (Å²) in [5, 5.41) is 3.15. The minimum atomic E-state index is -0.281. The predicted octanol–water partition coefficient (Wildman–Crippen LogP) is 2.95. The molecule has 3 aromatic rings. The molecular weight excluding hydrogens is 388 g/mol. The van der Waals surface area contributed by atoms with Crippen LogP contribution in [0.2, 0.25) is 0 Å². The van der Waals surface area contributed by atoms with Crippen LogP contribution in [0.4, 0.5) is 6.01 Å². The number of nitrogens with zero attached hydrogens (tertiary/aromatic N) is 2. The number of ether oxygens (including phenoxy) is 2. The van der Waals surface area contributed by atoms with E-state index in [1.54, 1.807) is 0 Å². The highest BCUT2D eigenvalue weighted by Gasteiger charge is 2.17. The third kappa shape index (κ3) is 3.34. The molecule has 6 nitrogen and oxygen atoms in total. The number of hydrogen-bond donors (Lipinski definition) is 0. The topological polar surface area (TPSA) is 64.8 Å². The van der Waals surface area contributed by atoms with E-state index in [9.17, 15) is 4.79 Å². The van der Waals surface area contributed by atoms with Crippen molar-refractivity contribution >= 4 is 43.7 Å². The molecule has 2 aromatic carbocycles. The highest BCUT2D eigenvalue weighted by atomic mass is 79.9. The molecule has 1 aliphatic rings. The third-order valence-corrected chi connectivity index (χ3v) is 4.49. The predicted molar refractivity (Wildman–Crippen MR) is 100 cm³/mol. The van der Waals surface area contributed by atoms with E-state index >= 15 is 0 Å². The molecule has 0 N–H and O–H groups in total. The molecular formula is C18H17BrN2O4. The van der Waals surface area contributed by atoms with Crippen LogP contribution in [0, 0.1) is 0 Å². The molecule has 0 amide bonds. The van der Waals surface area contributed by atoms with Crippen LogP contribution in [-0.2, 0) is 4.74 Å². The van der Waals surface area contributed by atoms with Crippen LogP contribution in [0.25, 0.3) is 21.7 Å². The van der Waals surface area contributed by atoms with E-state index in [1.807, 2.05) is 35.2 Å². The van der Waals surface area contributed by atoms with Crippen LogP contribution >= 0.6 is 15.9 Å². The van der Waals surface area contributed by atoms with Crippen molar-refractivity contribution in [1.29, 1.82) is 0 Å². The summed E-state index contributed by atoms with van der Waals surface area (Å²) >= 11 is 3.34. The van der Waals surface area contributed by atoms with E-state index in [0.29, 0.717) is 49.9 Å². The Kier molecular flexibility index (Phi) is 4.59. The average Bonchev–Trinajstić information content (AvgIpc) is 2.65. The fraction of sp³-hybridized carbons (Fsp3) is 0.333. The molecule has 25 heavy (non-hydrogen) atoms. The van der Waals surface area contributed by atoms with Gasteiger partial charge in [0.2, 0.25) is 0 Å². The highest BCUT2D eigenvalue weighted by Crippen LogP contribution is 2.26. The summed E-state index contributed by atoms with van der Waals surface area (Å²) < 4.78 is 16.9. The largest absolute Gasteiger partial charge is 0.493 e. The molecule has 130 valence electrons. The van der Waals surface area contributed by atoms with Crippen LogP contribution in [0.1, 0.15) is 0 Å². The quantitative estimate of drug-likeness (QED) is 0.491. The summed E-state index contributed by atoms with van der Waals surface area (Å²) in [5.74, 6) is 0.772. The van der Waals surface area contributed by atoms with Crippen molar-refractivity contribution < 1.29 is 13.9 Å². The first-order chi connectivity index (χ1) is 12.2. The summed E-state index contributed by atoms with van der Waals surface area (Å²) in [7, 11) is 0. The number of alkyl halides is 1. The van der Waals surface area contributed by atoms with Crippen LogP contribution in [-0.4, -0.2) is 43.2 Å². The van der Waals surface area contributed by atoms with Gasteiger partial charge in [-0.25, -0.2) is 0 Å². The first-order valence-corrected chi connectivity index (χ1v) is 9.27. The second kappa shape index (κ2) is 7.01. The van der Waals surface area contributed by atoms with Gasteiger partial charge in [-0.3, -0.25) is 4.79 Å². The summed E-state index contributed by atoms with van der Waals surface area (Å²) in [6.45, 7) is 3.15. The Morgan fingerprint density at radius 3 is 2.80 bits per heavy atom. The van der Waals surface area contributed by atoms with Gasteiger partial charge in [-0.05, 0) is 35.0 Å². The number of fused-ring (bicyclic) bond motifs is 2. The van der Waals surface area contributed by atoms with Gasteiger partial charge in [0.05, 0.1) is 25.2 Å². The van der Waals surface area contributed by atoms with Gasteiger partial charge in [0, 0.05) is 18.4 Å². The maximum atomic E-state index is 12.5. The summed E-state index contributed by atoms with van der Waals surface area (Å²) in [6, 6.07) is 9.86. The lowest BCUT2D eigenvalue weighted by molar-refractivity contribution is 0.120. The molecule has 1 saturated heterocycles. The van der Waals surface area contributed by atoms with E-state index in [-0.39, 0.29) is 5.56 Å². The van der Waals surface area contributed by atoms with Crippen molar-refractivity contribution in [2.75, 3.05) is 43.1 Å². The molecule has 1 fully saturated rings. The zero-order valence-corrected chi connectivity index (χ0v) is 15.1. The van der Waals surface area contributed by atoms with Crippen LogP contribution in [0.3, 0.4) is 0 Å². The lowest BCUT2D eigenvalue weighted by atomic mass is 10.1. The summed E-state index contributed by atoms with van der Waals surface area (Å²) in [4.78, 5) is 18.5. The second-order valence-electron chi connectivity index (χ2n) is 5.80. The fourth-order valence-corrected chi connectivity index (χ4v) is 3.07. The number of halogens is 1. The van der Waals surface area contributed by atoms with Gasteiger partial charge in [-0.1, -0.05) is 22.0 Å². The molecule has 0 atom stereocenters. The van der Waals surface area contributed by atoms with Gasteiger partial charge in [0.15, 0.2) is 0 Å². The van der Waals surface area contributed by atoms with Gasteiger partial charge < -0.3 is 18.8 Å². The monoisotopic (exact) mass is 404 g/mol. The number of morpholine rings is 1. The standard InChI is InChI=1S/C18H17BrN2O4/c19-3-6-24-14-2-1-12-11-16-15(10-13(12)9-14)17(22)20-18(25-16)21-4-7-23-8-5-21/h1-2,9-11H,3-8H2. The van der Waals surface area contributed by atoms with Crippen molar-refractivity contribution in [2.24, 2.45) is 0 Å². The van der Waals surface area contributed by atoms with Crippen molar-refractivity contribution in [3.05, 3.63) is 40.7 Å². The van der Waals surface area contributed by atoms with Crippen LogP contribution < -0.4 is 15.2 Å². The molecule has 0 unspecified atom stereocenters. The number of anilines is 1. The van der Waals surface area contributed by atoms with E-state index in [2.05, 4.69) is 20.9 Å². The zero-order valence-electron chi connectivity index (χ0n) is 13.5. The maximum Gasteiger partial charge on any atom is 0.301 e. The van der Waals surface area contributed by atoms with Gasteiger partial charge >= 0.3 is 6.01 Å². The molecule has 1 aliphatic heterocycles. The summed E-state index contributed by atoms with van der Waals surface area (Å²) in [6.07, 6.45) is 0. The first-order valence-electron chi connectivity index (χ1n) is 8.15. The van der Waals surface area contributed by atoms with E-state index < -0.39 is 0 Å². The Morgan fingerprint density at radius 1 is 1.16 bits per heavy atom. The molecule has 4 rings (SSSR count). The number of benzene rings is 2. The van der Waals surface area contributed by atoms with Crippen LogP contribution in [0.5, 0.6) is 5.75 Å². The van der Waals surface area contributed by atoms with E-state index in [4.69, 9.17) is 13.9 Å². The van der Waals surface area contributed by atoms with Crippen LogP contribution in [0.15, 0.2) is 39.5 Å². The number of aromatic nitrogens is 1. The Morgan fingerprint density at radius 2 is 2.00 bits per heavy atom. The van der Waals surface area contributed by atoms with Gasteiger partial charge in [0.1, 0.15) is 11.3 Å². The van der Waals surface area contributed by atoms with Gasteiger partial charge in [0.25, 0.3) is 5.56 Å². The molecule has 2 heterocycles. The Labute approximate surface area is 152 Å². The molecule has 0 radical (unpaired) electrons. The van der Waals surface area contributed by atoms with Crippen molar-refractivity contribution in [2.45, 2.75) is 0 Å². The molecule has 0 spiro atoms. The molecule has 0 bridgehead atoms. The fourth-order valence-electron chi connectivity index (χ4n) is 2.91. The number of hydrogen-bond acceptors (Lipinski definition) is 6. The van der Waals surface area contributed by atoms with E-state index in [1.165, 1.54) is 0 Å². The Balaban J connectivity index is 1.78. The number of rotatable bonds is 4. The SMILES string of the molecule is O=c1nc(N2CCOCC2)oc2cc3ccc(OCCBr)cc3cc12. The lowest BCUT2D eigenvalue weighted by Crippen LogP contribution is -2.37. The minimum Gasteiger partial charge on any atom is -0.493 e. The molecule has 0 aliphatic carbocycles. The lowest BCUT2D eigenvalue weighted by Gasteiger charge is -2.25. The van der Waals surface area contributed by atoms with Crippen molar-refractivity contribution in [1.82, 2.24) is 4.98 Å². The Bertz CT molecular complexity index is 966. The minimum absolute atomic E-state index is 0.281. The Hall–Kier alpha value is -2.12. The molecule has 1 aromatic heterocycles. The van der Waals surface area contributed by atoms with Gasteiger partial charge in [-0.2, -0.15) is 4.98 Å². The third-order valence-electron chi connectivity index (χ3n) is 4.17. The maximum absolute atomic E-state index is 12.5. The molecule has 7 heteroatoms. The normalized spacial score (nSPS) is 15.0. The van der Waals surface area contributed by atoms with Gasteiger partial charge in [-0.15, -0.1) is 0 Å². The average molecular weight is 405 g/mol. The van der Waals surface area contributed by atoms with Crippen molar-refractivity contribution in [3.8, 4) is 5.75 Å². The molecule has 0 saturated carbocycles. The first kappa shape index (κ1) is 16.4. The highest BCUT2D eigenvalue weighted by molar-refractivity contribution is 9.09. The summed E-state index contributed by atoms with van der Waals surface area (Å²) in [5.41, 5.74) is 0.263.